The summed E-state index contributed by atoms with van der Waals surface area (Å²) in [5, 5.41) is 11.4. The molecule has 3 fully saturated rings. The molecule has 3 aliphatic rings. The summed E-state index contributed by atoms with van der Waals surface area (Å²) in [6, 6.07) is 13.2. The standard InChI is InChI=1S/C32H38N2O5S/c1-4-17-33(24-14-13-22-11-7-8-12-23(22)21-24)29(37)27-32-16-15-31(3,40-32)26(30(38)39-20-5-2)25(32)28(36)34(27)18-9-6-10-19-35/h4-5,7-8,11-14,21,25-27,35H,1-2,6,9-10,15-20H2,3H3/t25-,26-,27?,31+,32?/m0/s1. The molecule has 3 aliphatic heterocycles. The van der Waals surface area contributed by atoms with Crippen LogP contribution in [-0.2, 0) is 19.1 Å². The molecule has 0 aromatic heterocycles. The molecule has 2 aromatic carbocycles. The Balaban J connectivity index is 1.55. The first-order chi connectivity index (χ1) is 19.3. The molecule has 2 amide bonds. The highest BCUT2D eigenvalue weighted by molar-refractivity contribution is 8.02. The van der Waals surface area contributed by atoms with Crippen LogP contribution in [0.3, 0.4) is 0 Å². The van der Waals surface area contributed by atoms with Crippen molar-refractivity contribution in [3.05, 3.63) is 67.8 Å². The number of aliphatic hydroxyl groups excluding tert-OH is 1. The SMILES string of the molecule is C=CCOC(=O)[C@@H]1[C@H]2C(=O)N(CCCCCO)C(C(=O)N(CC=C)c3ccc4ccccc4c3)C23CC[C@@]1(C)S3. The Hall–Kier alpha value is -3.10. The van der Waals surface area contributed by atoms with E-state index in [9.17, 15) is 19.5 Å². The quantitative estimate of drug-likeness (QED) is 0.229. The van der Waals surface area contributed by atoms with E-state index < -0.39 is 27.4 Å². The van der Waals surface area contributed by atoms with Gasteiger partial charge in [0.1, 0.15) is 12.6 Å². The van der Waals surface area contributed by atoms with Gasteiger partial charge in [0.25, 0.3) is 5.91 Å². The number of hydrogen-bond donors (Lipinski definition) is 1. The van der Waals surface area contributed by atoms with Crippen LogP contribution in [0.4, 0.5) is 5.69 Å². The summed E-state index contributed by atoms with van der Waals surface area (Å²) in [7, 11) is 0. The lowest BCUT2D eigenvalue weighted by atomic mass is 9.66. The van der Waals surface area contributed by atoms with E-state index >= 15 is 0 Å². The van der Waals surface area contributed by atoms with Crippen LogP contribution in [-0.4, -0.2) is 69.6 Å². The van der Waals surface area contributed by atoms with Crippen LogP contribution in [0.15, 0.2) is 67.8 Å². The molecule has 3 heterocycles. The van der Waals surface area contributed by atoms with E-state index in [1.54, 1.807) is 27.6 Å². The average Bonchev–Trinajstić information content (AvgIpc) is 3.52. The van der Waals surface area contributed by atoms with E-state index in [0.29, 0.717) is 32.4 Å². The number of amides is 2. The summed E-state index contributed by atoms with van der Waals surface area (Å²) < 4.78 is 4.31. The Labute approximate surface area is 240 Å². The van der Waals surface area contributed by atoms with Crippen LogP contribution in [0.25, 0.3) is 10.8 Å². The minimum Gasteiger partial charge on any atom is -0.461 e. The van der Waals surface area contributed by atoms with Crippen LogP contribution in [0, 0.1) is 11.8 Å². The maximum atomic E-state index is 14.7. The van der Waals surface area contributed by atoms with E-state index in [0.717, 1.165) is 29.3 Å². The molecule has 5 atom stereocenters. The normalized spacial score (nSPS) is 28.5. The van der Waals surface area contributed by atoms with Crippen molar-refractivity contribution in [3.63, 3.8) is 0 Å². The molecule has 7 nitrogen and oxygen atoms in total. The molecule has 1 N–H and O–H groups in total. The summed E-state index contributed by atoms with van der Waals surface area (Å²) in [6.45, 7) is 10.5. The number of unbranched alkanes of at least 4 members (excludes halogenated alkanes) is 2. The van der Waals surface area contributed by atoms with E-state index in [2.05, 4.69) is 13.2 Å². The van der Waals surface area contributed by atoms with Gasteiger partial charge < -0.3 is 19.6 Å². The zero-order chi connectivity index (χ0) is 28.5. The maximum Gasteiger partial charge on any atom is 0.311 e. The summed E-state index contributed by atoms with van der Waals surface area (Å²) in [5.41, 5.74) is 0.752. The molecular formula is C32H38N2O5S. The summed E-state index contributed by atoms with van der Waals surface area (Å²) in [5.74, 6) is -1.92. The van der Waals surface area contributed by atoms with Gasteiger partial charge in [0.2, 0.25) is 5.91 Å². The predicted octanol–water partition coefficient (Wildman–Crippen LogP) is 4.73. The highest BCUT2D eigenvalue weighted by Gasteiger charge is 2.77. The first-order valence-corrected chi connectivity index (χ1v) is 14.9. The number of fused-ring (bicyclic) bond motifs is 2. The number of aliphatic hydroxyl groups is 1. The molecule has 0 radical (unpaired) electrons. The molecule has 2 bridgehead atoms. The van der Waals surface area contributed by atoms with Crippen LogP contribution in [0.2, 0.25) is 0 Å². The zero-order valence-electron chi connectivity index (χ0n) is 23.1. The molecule has 0 saturated carbocycles. The van der Waals surface area contributed by atoms with Gasteiger partial charge >= 0.3 is 5.97 Å². The second-order valence-electron chi connectivity index (χ2n) is 11.2. The fourth-order valence-corrected chi connectivity index (χ4v) is 9.39. The molecule has 2 aromatic rings. The maximum absolute atomic E-state index is 14.7. The fourth-order valence-electron chi connectivity index (χ4n) is 7.05. The van der Waals surface area contributed by atoms with Crippen molar-refractivity contribution in [2.75, 3.05) is 31.2 Å². The number of rotatable bonds is 12. The number of nitrogens with zero attached hydrogens (tertiary/aromatic N) is 2. The van der Waals surface area contributed by atoms with E-state index in [1.807, 2.05) is 49.4 Å². The number of esters is 1. The van der Waals surface area contributed by atoms with Crippen molar-refractivity contribution >= 4 is 46.0 Å². The summed E-state index contributed by atoms with van der Waals surface area (Å²) in [6.07, 6.45) is 6.70. The van der Waals surface area contributed by atoms with E-state index in [1.165, 1.54) is 6.08 Å². The molecule has 212 valence electrons. The van der Waals surface area contributed by atoms with Crippen molar-refractivity contribution in [1.29, 1.82) is 0 Å². The number of ether oxygens (including phenoxy) is 1. The van der Waals surface area contributed by atoms with E-state index in [-0.39, 0.29) is 31.0 Å². The Morgan fingerprint density at radius 2 is 1.90 bits per heavy atom. The van der Waals surface area contributed by atoms with Gasteiger partial charge in [-0.3, -0.25) is 14.4 Å². The van der Waals surface area contributed by atoms with Crippen LogP contribution < -0.4 is 4.90 Å². The molecule has 0 aliphatic carbocycles. The summed E-state index contributed by atoms with van der Waals surface area (Å²) in [4.78, 5) is 45.7. The van der Waals surface area contributed by atoms with Gasteiger partial charge in [-0.25, -0.2) is 0 Å². The minimum atomic E-state index is -0.714. The third-order valence-electron chi connectivity index (χ3n) is 8.79. The van der Waals surface area contributed by atoms with Gasteiger partial charge in [0.05, 0.1) is 16.6 Å². The smallest absolute Gasteiger partial charge is 0.311 e. The minimum absolute atomic E-state index is 0.0867. The molecule has 8 heteroatoms. The third-order valence-corrected chi connectivity index (χ3v) is 10.8. The van der Waals surface area contributed by atoms with Crippen LogP contribution in [0.1, 0.15) is 39.0 Å². The van der Waals surface area contributed by atoms with Crippen molar-refractivity contribution < 1.29 is 24.2 Å². The number of carbonyl (C=O) groups is 3. The number of anilines is 1. The van der Waals surface area contributed by atoms with Crippen molar-refractivity contribution in [2.45, 2.75) is 54.6 Å². The van der Waals surface area contributed by atoms with Gasteiger partial charge in [0.15, 0.2) is 0 Å². The highest BCUT2D eigenvalue weighted by atomic mass is 32.2. The van der Waals surface area contributed by atoms with Crippen molar-refractivity contribution in [3.8, 4) is 0 Å². The van der Waals surface area contributed by atoms with Gasteiger partial charge in [-0.2, -0.15) is 0 Å². The zero-order valence-corrected chi connectivity index (χ0v) is 23.9. The lowest BCUT2D eigenvalue weighted by molar-refractivity contribution is -0.154. The van der Waals surface area contributed by atoms with Crippen molar-refractivity contribution in [2.24, 2.45) is 11.8 Å². The first-order valence-electron chi connectivity index (χ1n) is 14.1. The molecular weight excluding hydrogens is 524 g/mol. The highest BCUT2D eigenvalue weighted by Crippen LogP contribution is 2.71. The molecule has 5 rings (SSSR count). The largest absolute Gasteiger partial charge is 0.461 e. The summed E-state index contributed by atoms with van der Waals surface area (Å²) >= 11 is 1.64. The van der Waals surface area contributed by atoms with Gasteiger partial charge in [-0.15, -0.1) is 18.3 Å². The third kappa shape index (κ3) is 4.65. The number of benzene rings is 2. The second kappa shape index (κ2) is 11.4. The van der Waals surface area contributed by atoms with Gasteiger partial charge in [-0.05, 0) is 61.9 Å². The average molecular weight is 563 g/mol. The van der Waals surface area contributed by atoms with E-state index in [4.69, 9.17) is 4.74 Å². The fraction of sp³-hybridized carbons (Fsp3) is 0.469. The Morgan fingerprint density at radius 1 is 1.12 bits per heavy atom. The molecule has 3 saturated heterocycles. The predicted molar refractivity (Wildman–Crippen MR) is 159 cm³/mol. The Morgan fingerprint density at radius 3 is 2.62 bits per heavy atom. The first kappa shape index (κ1) is 28.4. The molecule has 1 spiro atoms. The number of likely N-dealkylation sites (tertiary alicyclic amines) is 1. The Bertz CT molecular complexity index is 1330. The van der Waals surface area contributed by atoms with Gasteiger partial charge in [0, 0.05) is 30.1 Å². The van der Waals surface area contributed by atoms with Crippen LogP contribution >= 0.6 is 11.8 Å². The Kier molecular flexibility index (Phi) is 8.11. The second-order valence-corrected chi connectivity index (χ2v) is 13.1. The molecule has 2 unspecified atom stereocenters. The topological polar surface area (TPSA) is 87.1 Å². The number of hydrogen-bond acceptors (Lipinski definition) is 6. The number of carbonyl (C=O) groups excluding carboxylic acids is 3. The van der Waals surface area contributed by atoms with Crippen LogP contribution in [0.5, 0.6) is 0 Å². The van der Waals surface area contributed by atoms with Gasteiger partial charge in [-0.1, -0.05) is 49.1 Å². The molecule has 40 heavy (non-hydrogen) atoms. The number of thioether (sulfide) groups is 1. The van der Waals surface area contributed by atoms with Crippen molar-refractivity contribution in [1.82, 2.24) is 4.90 Å². The lowest BCUT2D eigenvalue weighted by Gasteiger charge is -2.37. The lowest BCUT2D eigenvalue weighted by Crippen LogP contribution is -2.55. The monoisotopic (exact) mass is 562 g/mol.